The van der Waals surface area contributed by atoms with E-state index in [0.29, 0.717) is 25.6 Å². The van der Waals surface area contributed by atoms with Crippen LogP contribution in [-0.4, -0.2) is 67.0 Å². The summed E-state index contributed by atoms with van der Waals surface area (Å²) in [6.45, 7) is 9.28. The molecule has 0 spiro atoms. The zero-order chi connectivity index (χ0) is 19.2. The van der Waals surface area contributed by atoms with Gasteiger partial charge in [0.05, 0.1) is 0 Å². The van der Waals surface area contributed by atoms with Crippen molar-refractivity contribution in [2.24, 2.45) is 5.92 Å². The molecule has 2 fully saturated rings. The lowest BCUT2D eigenvalue weighted by Gasteiger charge is -2.39. The van der Waals surface area contributed by atoms with Crippen LogP contribution in [0.15, 0.2) is 30.3 Å². The number of amides is 3. The molecule has 2 aliphatic rings. The van der Waals surface area contributed by atoms with Gasteiger partial charge in [-0.3, -0.25) is 4.79 Å². The molecule has 3 amide bonds. The Labute approximate surface area is 162 Å². The third-order valence-corrected chi connectivity index (χ3v) is 5.97. The van der Waals surface area contributed by atoms with Gasteiger partial charge in [0.1, 0.15) is 6.04 Å². The Bertz CT molecular complexity index is 628. The van der Waals surface area contributed by atoms with Crippen LogP contribution in [-0.2, 0) is 4.79 Å². The molecule has 2 saturated heterocycles. The molecule has 1 aromatic rings. The number of piperazine rings is 1. The van der Waals surface area contributed by atoms with Crippen molar-refractivity contribution < 1.29 is 9.59 Å². The molecule has 0 aliphatic carbocycles. The Hall–Kier alpha value is -2.08. The summed E-state index contributed by atoms with van der Waals surface area (Å²) in [7, 11) is 0. The Kier molecular flexibility index (Phi) is 6.72. The number of piperidine rings is 1. The van der Waals surface area contributed by atoms with Gasteiger partial charge in [-0.15, -0.1) is 0 Å². The van der Waals surface area contributed by atoms with Gasteiger partial charge in [0, 0.05) is 25.3 Å². The van der Waals surface area contributed by atoms with E-state index in [9.17, 15) is 9.59 Å². The lowest BCUT2D eigenvalue weighted by Crippen LogP contribution is -2.59. The third kappa shape index (κ3) is 4.80. The van der Waals surface area contributed by atoms with Gasteiger partial charge in [-0.2, -0.15) is 0 Å². The highest BCUT2D eigenvalue weighted by molar-refractivity contribution is 5.99. The Balaban J connectivity index is 1.45. The Morgan fingerprint density at radius 3 is 2.48 bits per heavy atom. The number of nitrogens with one attached hydrogen (secondary N) is 1. The average Bonchev–Trinajstić information content (AvgIpc) is 2.71. The van der Waals surface area contributed by atoms with Crippen molar-refractivity contribution >= 4 is 17.6 Å². The first-order chi connectivity index (χ1) is 13.1. The number of likely N-dealkylation sites (tertiary alicyclic amines) is 1. The van der Waals surface area contributed by atoms with E-state index in [0.717, 1.165) is 18.7 Å². The van der Waals surface area contributed by atoms with Crippen LogP contribution in [0.25, 0.3) is 0 Å². The number of rotatable bonds is 5. The van der Waals surface area contributed by atoms with Crippen LogP contribution in [0.5, 0.6) is 0 Å². The summed E-state index contributed by atoms with van der Waals surface area (Å²) in [5, 5.41) is 3.03. The van der Waals surface area contributed by atoms with Crippen LogP contribution >= 0.6 is 0 Å². The molecule has 2 aliphatic heterocycles. The highest BCUT2D eigenvalue weighted by atomic mass is 16.2. The van der Waals surface area contributed by atoms with Gasteiger partial charge in [0.25, 0.3) is 0 Å². The van der Waals surface area contributed by atoms with Crippen molar-refractivity contribution in [3.8, 4) is 0 Å². The fourth-order valence-corrected chi connectivity index (χ4v) is 4.09. The van der Waals surface area contributed by atoms with Crippen molar-refractivity contribution in [2.75, 3.05) is 44.2 Å². The van der Waals surface area contributed by atoms with Crippen molar-refractivity contribution in [2.45, 2.75) is 39.2 Å². The van der Waals surface area contributed by atoms with Gasteiger partial charge >= 0.3 is 6.03 Å². The summed E-state index contributed by atoms with van der Waals surface area (Å²) >= 11 is 0. The minimum absolute atomic E-state index is 0.0189. The van der Waals surface area contributed by atoms with E-state index in [1.54, 1.807) is 9.80 Å². The van der Waals surface area contributed by atoms with Crippen LogP contribution in [0.2, 0.25) is 0 Å². The zero-order valence-corrected chi connectivity index (χ0v) is 16.6. The number of nitrogens with zero attached hydrogens (tertiary/aromatic N) is 3. The molecule has 0 aromatic heterocycles. The highest BCUT2D eigenvalue weighted by Crippen LogP contribution is 2.21. The number of hydrogen-bond donors (Lipinski definition) is 1. The van der Waals surface area contributed by atoms with E-state index in [1.165, 1.54) is 25.9 Å². The predicted molar refractivity (Wildman–Crippen MR) is 108 cm³/mol. The van der Waals surface area contributed by atoms with E-state index < -0.39 is 6.04 Å². The van der Waals surface area contributed by atoms with Crippen molar-refractivity contribution in [3.63, 3.8) is 0 Å². The maximum Gasteiger partial charge on any atom is 0.318 e. The molecular formula is C21H32N4O2. The lowest BCUT2D eigenvalue weighted by atomic mass is 9.93. The number of para-hydroxylation sites is 1. The standard InChI is InChI=1S/C21H32N4O2/c1-3-23-13-10-18(11-14-23)9-12-22-21(27)24-15-16-25(20(26)17(24)2)19-7-5-4-6-8-19/h4-8,17-18H,3,9-16H2,1-2H3,(H,22,27)/t17-/m1/s1. The summed E-state index contributed by atoms with van der Waals surface area (Å²) < 4.78 is 0. The molecule has 27 heavy (non-hydrogen) atoms. The number of benzene rings is 1. The molecule has 6 heteroatoms. The number of anilines is 1. The minimum atomic E-state index is -0.438. The first-order valence-corrected chi connectivity index (χ1v) is 10.2. The van der Waals surface area contributed by atoms with E-state index in [1.807, 2.05) is 37.3 Å². The zero-order valence-electron chi connectivity index (χ0n) is 16.6. The van der Waals surface area contributed by atoms with E-state index in [-0.39, 0.29) is 11.9 Å². The molecule has 2 heterocycles. The third-order valence-electron chi connectivity index (χ3n) is 5.97. The summed E-state index contributed by atoms with van der Waals surface area (Å²) in [6.07, 6.45) is 3.46. The molecule has 6 nitrogen and oxygen atoms in total. The molecule has 1 aromatic carbocycles. The second-order valence-corrected chi connectivity index (χ2v) is 7.59. The molecule has 1 N–H and O–H groups in total. The van der Waals surface area contributed by atoms with E-state index in [2.05, 4.69) is 17.1 Å². The van der Waals surface area contributed by atoms with Gasteiger partial charge in [-0.1, -0.05) is 25.1 Å². The number of carbonyl (C=O) groups excluding carboxylic acids is 2. The Morgan fingerprint density at radius 2 is 1.81 bits per heavy atom. The Morgan fingerprint density at radius 1 is 1.11 bits per heavy atom. The smallest absolute Gasteiger partial charge is 0.318 e. The number of carbonyl (C=O) groups is 2. The van der Waals surface area contributed by atoms with Crippen molar-refractivity contribution in [1.82, 2.24) is 15.1 Å². The molecule has 3 rings (SSSR count). The second-order valence-electron chi connectivity index (χ2n) is 7.59. The van der Waals surface area contributed by atoms with Gasteiger partial charge in [-0.05, 0) is 63.9 Å². The maximum atomic E-state index is 12.7. The largest absolute Gasteiger partial charge is 0.338 e. The molecule has 0 bridgehead atoms. The molecule has 148 valence electrons. The summed E-state index contributed by atoms with van der Waals surface area (Å²) in [6, 6.07) is 9.11. The van der Waals surface area contributed by atoms with Crippen molar-refractivity contribution in [1.29, 1.82) is 0 Å². The fraction of sp³-hybridized carbons (Fsp3) is 0.619. The van der Waals surface area contributed by atoms with E-state index >= 15 is 0 Å². The monoisotopic (exact) mass is 372 g/mol. The van der Waals surface area contributed by atoms with Crippen LogP contribution in [0.1, 0.15) is 33.1 Å². The number of urea groups is 1. The van der Waals surface area contributed by atoms with Gasteiger partial charge in [0.15, 0.2) is 0 Å². The molecule has 0 unspecified atom stereocenters. The molecular weight excluding hydrogens is 340 g/mol. The van der Waals surface area contributed by atoms with Crippen LogP contribution in [0.3, 0.4) is 0 Å². The lowest BCUT2D eigenvalue weighted by molar-refractivity contribution is -0.124. The van der Waals surface area contributed by atoms with Gasteiger partial charge in [-0.25, -0.2) is 4.79 Å². The predicted octanol–water partition coefficient (Wildman–Crippen LogP) is 2.56. The topological polar surface area (TPSA) is 55.9 Å². The summed E-state index contributed by atoms with van der Waals surface area (Å²) in [5.41, 5.74) is 0.896. The van der Waals surface area contributed by atoms with Crippen LogP contribution < -0.4 is 10.2 Å². The van der Waals surface area contributed by atoms with Gasteiger partial charge < -0.3 is 20.0 Å². The summed E-state index contributed by atoms with van der Waals surface area (Å²) in [5.74, 6) is 0.677. The SMILES string of the molecule is CCN1CCC(CCNC(=O)N2CCN(c3ccccc3)C(=O)[C@H]2C)CC1. The maximum absolute atomic E-state index is 12.7. The van der Waals surface area contributed by atoms with Crippen molar-refractivity contribution in [3.05, 3.63) is 30.3 Å². The highest BCUT2D eigenvalue weighted by Gasteiger charge is 2.34. The summed E-state index contributed by atoms with van der Waals surface area (Å²) in [4.78, 5) is 31.2. The van der Waals surface area contributed by atoms with Crippen LogP contribution in [0.4, 0.5) is 10.5 Å². The number of hydrogen-bond acceptors (Lipinski definition) is 3. The van der Waals surface area contributed by atoms with E-state index in [4.69, 9.17) is 0 Å². The van der Waals surface area contributed by atoms with Gasteiger partial charge in [0.2, 0.25) is 5.91 Å². The first-order valence-electron chi connectivity index (χ1n) is 10.2. The quantitative estimate of drug-likeness (QED) is 0.864. The minimum Gasteiger partial charge on any atom is -0.338 e. The first kappa shape index (κ1) is 19.7. The molecule has 0 radical (unpaired) electrons. The van der Waals surface area contributed by atoms with Crippen LogP contribution in [0, 0.1) is 5.92 Å². The fourth-order valence-electron chi connectivity index (χ4n) is 4.09. The normalized spacial score (nSPS) is 22.1. The molecule has 1 atom stereocenters. The average molecular weight is 373 g/mol. The second kappa shape index (κ2) is 9.22. The molecule has 0 saturated carbocycles.